The molecule has 6 nitrogen and oxygen atoms in total. The number of aryl methyl sites for hydroxylation is 2. The topological polar surface area (TPSA) is 76.8 Å². The van der Waals surface area contributed by atoms with Crippen LogP contribution >= 0.6 is 23.2 Å². The standard InChI is InChI=1S/C18H11Cl2F3N4O2/c19-12-6-11-8-16(17-24-26-27-25-17)28-15(11)7-10(12)3-1-9-2-4-14(13(20)5-9)29-18(21,22)23/h2,4-8H,1,3H2,(H,24,25,26,27). The summed E-state index contributed by atoms with van der Waals surface area (Å²) in [5.41, 5.74) is 2.17. The van der Waals surface area contributed by atoms with Gasteiger partial charge in [-0.25, -0.2) is 0 Å². The molecule has 0 radical (unpaired) electrons. The van der Waals surface area contributed by atoms with Crippen LogP contribution in [0.3, 0.4) is 0 Å². The van der Waals surface area contributed by atoms with Gasteiger partial charge in [-0.2, -0.15) is 5.21 Å². The van der Waals surface area contributed by atoms with Crippen LogP contribution in [0.1, 0.15) is 11.1 Å². The van der Waals surface area contributed by atoms with Crippen molar-refractivity contribution in [3.63, 3.8) is 0 Å². The average molecular weight is 443 g/mol. The Hall–Kier alpha value is -2.78. The van der Waals surface area contributed by atoms with Crippen LogP contribution in [-0.4, -0.2) is 27.0 Å². The number of aromatic nitrogens is 4. The number of hydrogen-bond donors (Lipinski definition) is 1. The van der Waals surface area contributed by atoms with Crippen molar-refractivity contribution in [2.45, 2.75) is 19.2 Å². The summed E-state index contributed by atoms with van der Waals surface area (Å²) >= 11 is 12.3. The van der Waals surface area contributed by atoms with Crippen molar-refractivity contribution in [2.75, 3.05) is 0 Å². The molecule has 0 fully saturated rings. The van der Waals surface area contributed by atoms with Crippen molar-refractivity contribution in [3.05, 3.63) is 57.6 Å². The minimum atomic E-state index is -4.79. The first-order chi connectivity index (χ1) is 13.8. The molecule has 0 aliphatic rings. The van der Waals surface area contributed by atoms with Crippen LogP contribution < -0.4 is 4.74 Å². The van der Waals surface area contributed by atoms with Crippen LogP contribution in [0.15, 0.2) is 40.8 Å². The zero-order valence-electron chi connectivity index (χ0n) is 14.4. The SMILES string of the molecule is FC(F)(F)Oc1ccc(CCc2cc3oc(-c4nn[nH]n4)cc3cc2Cl)cc1Cl. The zero-order valence-corrected chi connectivity index (χ0v) is 15.9. The second-order valence-corrected chi connectivity index (χ2v) is 6.95. The molecule has 4 aromatic rings. The van der Waals surface area contributed by atoms with Crippen LogP contribution in [0.5, 0.6) is 5.75 Å². The first-order valence-electron chi connectivity index (χ1n) is 8.28. The molecule has 0 bridgehead atoms. The molecule has 0 spiro atoms. The number of halogens is 5. The van der Waals surface area contributed by atoms with Gasteiger partial charge in [-0.1, -0.05) is 29.3 Å². The van der Waals surface area contributed by atoms with Gasteiger partial charge in [0.2, 0.25) is 5.82 Å². The lowest BCUT2D eigenvalue weighted by molar-refractivity contribution is -0.274. The van der Waals surface area contributed by atoms with Crippen LogP contribution in [0.25, 0.3) is 22.6 Å². The Kier molecular flexibility index (Phi) is 5.10. The largest absolute Gasteiger partial charge is 0.573 e. The number of benzene rings is 2. The molecular weight excluding hydrogens is 432 g/mol. The first kappa shape index (κ1) is 19.5. The lowest BCUT2D eigenvalue weighted by Crippen LogP contribution is -2.17. The van der Waals surface area contributed by atoms with Crippen LogP contribution in [0.2, 0.25) is 10.0 Å². The summed E-state index contributed by atoms with van der Waals surface area (Å²) in [4.78, 5) is 0. The van der Waals surface area contributed by atoms with Crippen LogP contribution in [-0.2, 0) is 12.8 Å². The molecule has 0 atom stereocenters. The van der Waals surface area contributed by atoms with E-state index in [1.165, 1.54) is 18.2 Å². The van der Waals surface area contributed by atoms with Gasteiger partial charge in [0.05, 0.1) is 5.02 Å². The monoisotopic (exact) mass is 442 g/mol. The van der Waals surface area contributed by atoms with Crippen molar-refractivity contribution in [1.29, 1.82) is 0 Å². The highest BCUT2D eigenvalue weighted by molar-refractivity contribution is 6.32. The average Bonchev–Trinajstić information content (AvgIpc) is 3.30. The summed E-state index contributed by atoms with van der Waals surface area (Å²) in [7, 11) is 0. The third kappa shape index (κ3) is 4.46. The minimum absolute atomic E-state index is 0.114. The lowest BCUT2D eigenvalue weighted by Gasteiger charge is -2.11. The second kappa shape index (κ2) is 7.57. The van der Waals surface area contributed by atoms with E-state index < -0.39 is 12.1 Å². The molecule has 0 aliphatic heterocycles. The Balaban J connectivity index is 1.52. The van der Waals surface area contributed by atoms with Gasteiger partial charge in [0.1, 0.15) is 11.3 Å². The maximum Gasteiger partial charge on any atom is 0.573 e. The van der Waals surface area contributed by atoms with E-state index in [4.69, 9.17) is 27.6 Å². The molecule has 29 heavy (non-hydrogen) atoms. The second-order valence-electron chi connectivity index (χ2n) is 6.14. The van der Waals surface area contributed by atoms with Gasteiger partial charge in [-0.15, -0.1) is 23.4 Å². The van der Waals surface area contributed by atoms with Crippen molar-refractivity contribution in [3.8, 4) is 17.3 Å². The minimum Gasteiger partial charge on any atom is -0.453 e. The molecule has 0 amide bonds. The summed E-state index contributed by atoms with van der Waals surface area (Å²) in [5.74, 6) is 0.343. The van der Waals surface area contributed by atoms with E-state index in [0.717, 1.165) is 16.5 Å². The fraction of sp³-hybridized carbons (Fsp3) is 0.167. The van der Waals surface area contributed by atoms with Crippen molar-refractivity contribution in [2.24, 2.45) is 0 Å². The molecule has 0 saturated carbocycles. The summed E-state index contributed by atoms with van der Waals surface area (Å²) in [6.45, 7) is 0. The molecule has 0 aliphatic carbocycles. The van der Waals surface area contributed by atoms with Crippen molar-refractivity contribution < 1.29 is 22.3 Å². The summed E-state index contributed by atoms with van der Waals surface area (Å²) < 4.78 is 46.6. The number of alkyl halides is 3. The number of rotatable bonds is 5. The van der Waals surface area contributed by atoms with Gasteiger partial charge in [0.25, 0.3) is 0 Å². The molecular formula is C18H11Cl2F3N4O2. The Morgan fingerprint density at radius 2 is 1.86 bits per heavy atom. The van der Waals surface area contributed by atoms with E-state index in [9.17, 15) is 13.2 Å². The third-order valence-corrected chi connectivity index (χ3v) is 4.80. The van der Waals surface area contributed by atoms with Gasteiger partial charge in [0.15, 0.2) is 5.76 Å². The number of nitrogens with zero attached hydrogens (tertiary/aromatic N) is 3. The first-order valence-corrected chi connectivity index (χ1v) is 9.04. The Labute approximate surface area is 171 Å². The normalized spacial score (nSPS) is 11.9. The maximum absolute atomic E-state index is 12.3. The Morgan fingerprint density at radius 1 is 1.03 bits per heavy atom. The van der Waals surface area contributed by atoms with E-state index in [2.05, 4.69) is 25.4 Å². The molecule has 0 unspecified atom stereocenters. The van der Waals surface area contributed by atoms with Gasteiger partial charge >= 0.3 is 6.36 Å². The van der Waals surface area contributed by atoms with Gasteiger partial charge < -0.3 is 9.15 Å². The number of H-pyrrole nitrogens is 1. The molecule has 2 aromatic carbocycles. The Morgan fingerprint density at radius 3 is 2.55 bits per heavy atom. The molecule has 0 saturated heterocycles. The lowest BCUT2D eigenvalue weighted by atomic mass is 10.0. The van der Waals surface area contributed by atoms with Gasteiger partial charge in [-0.3, -0.25) is 0 Å². The smallest absolute Gasteiger partial charge is 0.453 e. The Bertz CT molecular complexity index is 1160. The quantitative estimate of drug-likeness (QED) is 0.434. The van der Waals surface area contributed by atoms with E-state index in [1.807, 2.05) is 6.07 Å². The summed E-state index contributed by atoms with van der Waals surface area (Å²) in [6.07, 6.45) is -3.75. The fourth-order valence-corrected chi connectivity index (χ4v) is 3.36. The van der Waals surface area contributed by atoms with Crippen molar-refractivity contribution >= 4 is 34.2 Å². The van der Waals surface area contributed by atoms with E-state index >= 15 is 0 Å². The van der Waals surface area contributed by atoms with Gasteiger partial charge in [0, 0.05) is 10.4 Å². The van der Waals surface area contributed by atoms with E-state index in [-0.39, 0.29) is 5.02 Å². The third-order valence-electron chi connectivity index (χ3n) is 4.16. The summed E-state index contributed by atoms with van der Waals surface area (Å²) in [6, 6.07) is 9.50. The highest BCUT2D eigenvalue weighted by atomic mass is 35.5. The van der Waals surface area contributed by atoms with Gasteiger partial charge in [-0.05, 0) is 59.5 Å². The molecule has 4 rings (SSSR count). The fourth-order valence-electron chi connectivity index (χ4n) is 2.86. The number of tetrazole rings is 1. The van der Waals surface area contributed by atoms with Crippen molar-refractivity contribution in [1.82, 2.24) is 20.6 Å². The molecule has 150 valence electrons. The number of hydrogen-bond acceptors (Lipinski definition) is 5. The number of ether oxygens (including phenoxy) is 1. The van der Waals surface area contributed by atoms with Crippen LogP contribution in [0.4, 0.5) is 13.2 Å². The molecule has 11 heteroatoms. The molecule has 1 N–H and O–H groups in total. The highest BCUT2D eigenvalue weighted by Gasteiger charge is 2.32. The van der Waals surface area contributed by atoms with Crippen LogP contribution in [0, 0.1) is 0 Å². The van der Waals surface area contributed by atoms with E-state index in [0.29, 0.717) is 35.0 Å². The predicted molar refractivity (Wildman–Crippen MR) is 99.9 cm³/mol. The molecule has 2 heterocycles. The number of nitrogens with one attached hydrogen (secondary N) is 1. The maximum atomic E-state index is 12.3. The number of fused-ring (bicyclic) bond motifs is 1. The van der Waals surface area contributed by atoms with E-state index in [1.54, 1.807) is 12.1 Å². The summed E-state index contributed by atoms with van der Waals surface area (Å²) in [5, 5.41) is 14.8. The number of furan rings is 1. The molecule has 2 aromatic heterocycles. The number of aromatic amines is 1. The zero-order chi connectivity index (χ0) is 20.6. The predicted octanol–water partition coefficient (Wildman–Crippen LogP) is 5.60. The highest BCUT2D eigenvalue weighted by Crippen LogP contribution is 2.33.